The number of aromatic nitrogens is 3. The number of benzene rings is 2. The van der Waals surface area contributed by atoms with Gasteiger partial charge >= 0.3 is 0 Å². The Hall–Kier alpha value is -2.98. The zero-order chi connectivity index (χ0) is 22.7. The van der Waals surface area contributed by atoms with Gasteiger partial charge in [0.1, 0.15) is 17.3 Å². The number of carbonyl (C=O) groups excluding carboxylic acids is 1. The van der Waals surface area contributed by atoms with Crippen LogP contribution < -0.4 is 10.1 Å². The highest BCUT2D eigenvalue weighted by Crippen LogP contribution is 2.28. The van der Waals surface area contributed by atoms with Crippen LogP contribution in [0.3, 0.4) is 0 Å². The third kappa shape index (κ3) is 4.33. The second-order valence-corrected chi connectivity index (χ2v) is 9.70. The SMILES string of the molecule is CCCn1nnc2cc(S(=O)(=O)N3CCCC[C@@H]3C(=O)Nc3cccc(OC)c3)ccc21. The number of fused-ring (bicyclic) bond motifs is 1. The average molecular weight is 458 g/mol. The number of amides is 1. The van der Waals surface area contributed by atoms with E-state index in [9.17, 15) is 13.2 Å². The molecule has 32 heavy (non-hydrogen) atoms. The summed E-state index contributed by atoms with van der Waals surface area (Å²) in [5, 5.41) is 11.1. The topological polar surface area (TPSA) is 106 Å². The zero-order valence-electron chi connectivity index (χ0n) is 18.2. The highest BCUT2D eigenvalue weighted by molar-refractivity contribution is 7.89. The number of rotatable bonds is 7. The van der Waals surface area contributed by atoms with Crippen LogP contribution >= 0.6 is 0 Å². The van der Waals surface area contributed by atoms with Crippen molar-refractivity contribution in [3.05, 3.63) is 42.5 Å². The van der Waals surface area contributed by atoms with Gasteiger partial charge in [0.25, 0.3) is 0 Å². The molecule has 2 aromatic carbocycles. The molecule has 10 heteroatoms. The lowest BCUT2D eigenvalue weighted by Crippen LogP contribution is -2.49. The molecule has 0 spiro atoms. The molecule has 9 nitrogen and oxygen atoms in total. The second-order valence-electron chi connectivity index (χ2n) is 7.81. The predicted octanol–water partition coefficient (Wildman–Crippen LogP) is 3.03. The molecular formula is C22H27N5O4S. The van der Waals surface area contributed by atoms with Gasteiger partial charge in [-0.15, -0.1) is 5.10 Å². The summed E-state index contributed by atoms with van der Waals surface area (Å²) in [5.41, 5.74) is 1.87. The second kappa shape index (κ2) is 9.25. The molecular weight excluding hydrogens is 430 g/mol. The van der Waals surface area contributed by atoms with E-state index in [1.54, 1.807) is 48.2 Å². The van der Waals surface area contributed by atoms with Crippen LogP contribution in [-0.2, 0) is 21.4 Å². The summed E-state index contributed by atoms with van der Waals surface area (Å²) in [6.45, 7) is 3.04. The third-order valence-corrected chi connectivity index (χ3v) is 7.53. The van der Waals surface area contributed by atoms with Crippen molar-refractivity contribution in [3.8, 4) is 5.75 Å². The lowest BCUT2D eigenvalue weighted by Gasteiger charge is -2.33. The number of aryl methyl sites for hydroxylation is 1. The summed E-state index contributed by atoms with van der Waals surface area (Å²) in [6, 6.07) is 11.0. The molecule has 2 heterocycles. The fourth-order valence-corrected chi connectivity index (χ4v) is 5.68. The van der Waals surface area contributed by atoms with E-state index in [0.29, 0.717) is 42.9 Å². The third-order valence-electron chi connectivity index (χ3n) is 5.62. The minimum Gasteiger partial charge on any atom is -0.497 e. The lowest BCUT2D eigenvalue weighted by atomic mass is 10.0. The van der Waals surface area contributed by atoms with E-state index in [4.69, 9.17) is 4.74 Å². The monoisotopic (exact) mass is 457 g/mol. The first-order valence-corrected chi connectivity index (χ1v) is 12.2. The van der Waals surface area contributed by atoms with E-state index >= 15 is 0 Å². The Morgan fingerprint density at radius 2 is 2.06 bits per heavy atom. The number of hydrogen-bond acceptors (Lipinski definition) is 6. The normalized spacial score (nSPS) is 17.4. The fourth-order valence-electron chi connectivity index (χ4n) is 4.01. The van der Waals surface area contributed by atoms with Crippen molar-refractivity contribution in [1.82, 2.24) is 19.3 Å². The molecule has 0 saturated carbocycles. The molecule has 4 rings (SSSR count). The van der Waals surface area contributed by atoms with Crippen molar-refractivity contribution >= 4 is 32.7 Å². The van der Waals surface area contributed by atoms with Crippen LogP contribution in [0.2, 0.25) is 0 Å². The molecule has 1 aliphatic heterocycles. The molecule has 170 valence electrons. The minimum atomic E-state index is -3.89. The minimum absolute atomic E-state index is 0.120. The van der Waals surface area contributed by atoms with Crippen molar-refractivity contribution < 1.29 is 17.9 Å². The van der Waals surface area contributed by atoms with Crippen molar-refractivity contribution in [1.29, 1.82) is 0 Å². The first kappa shape index (κ1) is 22.2. The molecule has 1 saturated heterocycles. The van der Waals surface area contributed by atoms with Gasteiger partial charge in [-0.25, -0.2) is 13.1 Å². The van der Waals surface area contributed by atoms with E-state index in [0.717, 1.165) is 18.4 Å². The molecule has 1 atom stereocenters. The van der Waals surface area contributed by atoms with Crippen LogP contribution in [0.5, 0.6) is 5.75 Å². The van der Waals surface area contributed by atoms with Crippen molar-refractivity contribution in [2.24, 2.45) is 0 Å². The molecule has 1 fully saturated rings. The molecule has 1 aliphatic rings. The van der Waals surface area contributed by atoms with E-state index in [1.807, 2.05) is 6.92 Å². The summed E-state index contributed by atoms with van der Waals surface area (Å²) in [4.78, 5) is 13.2. The molecule has 0 aliphatic carbocycles. The lowest BCUT2D eigenvalue weighted by molar-refractivity contribution is -0.120. The summed E-state index contributed by atoms with van der Waals surface area (Å²) in [6.07, 6.45) is 2.85. The summed E-state index contributed by atoms with van der Waals surface area (Å²) in [7, 11) is -2.34. The number of nitrogens with one attached hydrogen (secondary N) is 1. The number of sulfonamides is 1. The Bertz CT molecular complexity index is 1220. The molecule has 0 unspecified atom stereocenters. The smallest absolute Gasteiger partial charge is 0.243 e. The van der Waals surface area contributed by atoms with E-state index < -0.39 is 16.1 Å². The largest absolute Gasteiger partial charge is 0.497 e. The van der Waals surface area contributed by atoms with Gasteiger partial charge in [0.2, 0.25) is 15.9 Å². The predicted molar refractivity (Wildman–Crippen MR) is 121 cm³/mol. The maximum Gasteiger partial charge on any atom is 0.243 e. The van der Waals surface area contributed by atoms with E-state index in [1.165, 1.54) is 10.4 Å². The molecule has 0 radical (unpaired) electrons. The van der Waals surface area contributed by atoms with Gasteiger partial charge in [-0.3, -0.25) is 4.79 Å². The Labute approximate surface area is 187 Å². The fraction of sp³-hybridized carbons (Fsp3) is 0.409. The number of anilines is 1. The molecule has 0 bridgehead atoms. The van der Waals surface area contributed by atoms with Crippen LogP contribution in [0.4, 0.5) is 5.69 Å². The number of ether oxygens (including phenoxy) is 1. The van der Waals surface area contributed by atoms with Gasteiger partial charge in [0.05, 0.1) is 17.5 Å². The maximum absolute atomic E-state index is 13.5. The van der Waals surface area contributed by atoms with Crippen LogP contribution in [-0.4, -0.2) is 53.3 Å². The summed E-state index contributed by atoms with van der Waals surface area (Å²) >= 11 is 0. The maximum atomic E-state index is 13.5. The first-order chi connectivity index (χ1) is 15.4. The average Bonchev–Trinajstić information content (AvgIpc) is 3.21. The Kier molecular flexibility index (Phi) is 6.43. The Morgan fingerprint density at radius 3 is 2.84 bits per heavy atom. The molecule has 3 aromatic rings. The number of carbonyl (C=O) groups is 1. The zero-order valence-corrected chi connectivity index (χ0v) is 19.0. The number of hydrogen-bond donors (Lipinski definition) is 1. The highest BCUT2D eigenvalue weighted by atomic mass is 32.2. The highest BCUT2D eigenvalue weighted by Gasteiger charge is 2.38. The summed E-state index contributed by atoms with van der Waals surface area (Å²) in [5.74, 6) is 0.261. The van der Waals surface area contributed by atoms with Crippen molar-refractivity contribution in [2.45, 2.75) is 50.1 Å². The van der Waals surface area contributed by atoms with Gasteiger partial charge in [0, 0.05) is 24.8 Å². The van der Waals surface area contributed by atoms with Crippen LogP contribution in [0.25, 0.3) is 11.0 Å². The van der Waals surface area contributed by atoms with Crippen LogP contribution in [0.1, 0.15) is 32.6 Å². The summed E-state index contributed by atoms with van der Waals surface area (Å²) < 4.78 is 35.3. The Balaban J connectivity index is 1.60. The van der Waals surface area contributed by atoms with Gasteiger partial charge < -0.3 is 10.1 Å². The standard InChI is InChI=1S/C22H27N5O4S/c1-3-12-26-20-11-10-18(15-19(20)24-25-26)32(29,30)27-13-5-4-9-21(27)22(28)23-16-7-6-8-17(14-16)31-2/h6-8,10-11,14-15,21H,3-5,9,12-13H2,1-2H3,(H,23,28)/t21-/m1/s1. The molecule has 1 N–H and O–H groups in total. The van der Waals surface area contributed by atoms with E-state index in [-0.39, 0.29) is 10.8 Å². The van der Waals surface area contributed by atoms with Crippen LogP contribution in [0.15, 0.2) is 47.4 Å². The molecule has 1 amide bonds. The number of methoxy groups -OCH3 is 1. The quantitative estimate of drug-likeness (QED) is 0.585. The van der Waals surface area contributed by atoms with Crippen LogP contribution in [0, 0.1) is 0 Å². The van der Waals surface area contributed by atoms with Gasteiger partial charge in [-0.2, -0.15) is 4.31 Å². The number of nitrogens with zero attached hydrogens (tertiary/aromatic N) is 4. The number of piperidine rings is 1. The van der Waals surface area contributed by atoms with Crippen molar-refractivity contribution in [2.75, 3.05) is 19.0 Å². The van der Waals surface area contributed by atoms with Gasteiger partial charge in [0.15, 0.2) is 0 Å². The van der Waals surface area contributed by atoms with E-state index in [2.05, 4.69) is 15.6 Å². The Morgan fingerprint density at radius 1 is 1.22 bits per heavy atom. The molecule has 1 aromatic heterocycles. The first-order valence-electron chi connectivity index (χ1n) is 10.7. The van der Waals surface area contributed by atoms with Gasteiger partial charge in [-0.1, -0.05) is 24.6 Å². The van der Waals surface area contributed by atoms with Crippen molar-refractivity contribution in [3.63, 3.8) is 0 Å². The van der Waals surface area contributed by atoms with Gasteiger partial charge in [-0.05, 0) is 49.6 Å².